The van der Waals surface area contributed by atoms with E-state index in [4.69, 9.17) is 11.6 Å². The molecular formula is C15H21ClFN. The molecule has 0 amide bonds. The molecule has 1 fully saturated rings. The molecule has 1 atom stereocenters. The maximum atomic E-state index is 13.4. The van der Waals surface area contributed by atoms with Gasteiger partial charge in [-0.2, -0.15) is 0 Å². The van der Waals surface area contributed by atoms with Gasteiger partial charge in [-0.1, -0.05) is 37.1 Å². The molecule has 18 heavy (non-hydrogen) atoms. The fourth-order valence-electron chi connectivity index (χ4n) is 2.52. The third kappa shape index (κ3) is 3.24. The summed E-state index contributed by atoms with van der Waals surface area (Å²) in [7, 11) is 0. The van der Waals surface area contributed by atoms with Crippen molar-refractivity contribution in [1.29, 1.82) is 0 Å². The molecule has 3 heteroatoms. The van der Waals surface area contributed by atoms with E-state index in [2.05, 4.69) is 12.2 Å². The van der Waals surface area contributed by atoms with Crippen LogP contribution in [0.3, 0.4) is 0 Å². The molecule has 0 radical (unpaired) electrons. The molecule has 0 bridgehead atoms. The smallest absolute Gasteiger partial charge is 0.142 e. The summed E-state index contributed by atoms with van der Waals surface area (Å²) < 4.78 is 13.4. The quantitative estimate of drug-likeness (QED) is 0.817. The third-order valence-corrected chi connectivity index (χ3v) is 4.27. The normalized spacial score (nSPS) is 17.5. The van der Waals surface area contributed by atoms with Crippen molar-refractivity contribution < 1.29 is 4.39 Å². The summed E-state index contributed by atoms with van der Waals surface area (Å²) >= 11 is 6.03. The van der Waals surface area contributed by atoms with Gasteiger partial charge in [-0.3, -0.25) is 0 Å². The minimum Gasteiger partial charge on any atom is -0.313 e. The number of benzene rings is 1. The van der Waals surface area contributed by atoms with E-state index in [-0.39, 0.29) is 5.82 Å². The second-order valence-electron chi connectivity index (χ2n) is 5.17. The molecule has 1 aromatic carbocycles. The fourth-order valence-corrected chi connectivity index (χ4v) is 2.72. The van der Waals surface area contributed by atoms with Gasteiger partial charge in [0.05, 0.1) is 5.02 Å². The predicted octanol–water partition coefficient (Wildman–Crippen LogP) is 4.19. The largest absolute Gasteiger partial charge is 0.313 e. The molecule has 0 spiro atoms. The van der Waals surface area contributed by atoms with Gasteiger partial charge in [0.1, 0.15) is 5.82 Å². The van der Waals surface area contributed by atoms with Crippen LogP contribution >= 0.6 is 11.6 Å². The lowest BCUT2D eigenvalue weighted by Gasteiger charge is -2.34. The Morgan fingerprint density at radius 2 is 2.22 bits per heavy atom. The Kier molecular flexibility index (Phi) is 5.02. The maximum absolute atomic E-state index is 13.4. The van der Waals surface area contributed by atoms with Gasteiger partial charge < -0.3 is 5.32 Å². The first kappa shape index (κ1) is 13.8. The van der Waals surface area contributed by atoms with Crippen molar-refractivity contribution in [3.63, 3.8) is 0 Å². The molecule has 0 saturated heterocycles. The van der Waals surface area contributed by atoms with Crippen molar-refractivity contribution in [2.75, 3.05) is 6.54 Å². The minimum absolute atomic E-state index is 0.292. The average molecular weight is 270 g/mol. The van der Waals surface area contributed by atoms with Crippen LogP contribution in [0.15, 0.2) is 18.2 Å². The molecule has 1 saturated carbocycles. The maximum Gasteiger partial charge on any atom is 0.142 e. The molecule has 1 N–H and O–H groups in total. The zero-order valence-corrected chi connectivity index (χ0v) is 11.6. The summed E-state index contributed by atoms with van der Waals surface area (Å²) in [6, 6.07) is 5.54. The van der Waals surface area contributed by atoms with E-state index >= 15 is 0 Å². The molecule has 0 aromatic heterocycles. The van der Waals surface area contributed by atoms with Crippen molar-refractivity contribution in [2.45, 2.75) is 45.1 Å². The lowest BCUT2D eigenvalue weighted by Crippen LogP contribution is -2.41. The molecule has 2 rings (SSSR count). The van der Waals surface area contributed by atoms with Crippen LogP contribution in [0.5, 0.6) is 0 Å². The standard InChI is InChI=1S/C15H21ClFN/c1-2-9-18-14(11-5-3-6-11)10-12-7-4-8-13(17)15(12)16/h4,7-8,11,14,18H,2-3,5-6,9-10H2,1H3. The summed E-state index contributed by atoms with van der Waals surface area (Å²) in [6.07, 6.45) is 5.86. The highest BCUT2D eigenvalue weighted by Gasteiger charge is 2.27. The lowest BCUT2D eigenvalue weighted by atomic mass is 9.77. The SMILES string of the molecule is CCCNC(Cc1cccc(F)c1Cl)C1CCC1. The van der Waals surface area contributed by atoms with E-state index in [0.29, 0.717) is 11.1 Å². The fraction of sp³-hybridized carbons (Fsp3) is 0.600. The number of hydrogen-bond donors (Lipinski definition) is 1. The zero-order chi connectivity index (χ0) is 13.0. The van der Waals surface area contributed by atoms with Crippen LogP contribution in [0.25, 0.3) is 0 Å². The molecule has 1 nitrogen and oxygen atoms in total. The van der Waals surface area contributed by atoms with Crippen LogP contribution in [-0.4, -0.2) is 12.6 Å². The molecule has 100 valence electrons. The van der Waals surface area contributed by atoms with Gasteiger partial charge in [-0.25, -0.2) is 4.39 Å². The van der Waals surface area contributed by atoms with E-state index in [1.807, 2.05) is 6.07 Å². The van der Waals surface area contributed by atoms with Gasteiger partial charge in [-0.15, -0.1) is 0 Å². The first-order valence-electron chi connectivity index (χ1n) is 6.88. The van der Waals surface area contributed by atoms with Gasteiger partial charge in [0, 0.05) is 6.04 Å². The number of rotatable bonds is 6. The first-order valence-corrected chi connectivity index (χ1v) is 7.26. The predicted molar refractivity (Wildman–Crippen MR) is 74.5 cm³/mol. The summed E-state index contributed by atoms with van der Waals surface area (Å²) in [5.41, 5.74) is 0.928. The van der Waals surface area contributed by atoms with E-state index in [1.54, 1.807) is 6.07 Å². The van der Waals surface area contributed by atoms with Crippen LogP contribution in [-0.2, 0) is 6.42 Å². The van der Waals surface area contributed by atoms with Gasteiger partial charge in [0.2, 0.25) is 0 Å². The monoisotopic (exact) mass is 269 g/mol. The molecule has 0 heterocycles. The van der Waals surface area contributed by atoms with Gasteiger partial charge >= 0.3 is 0 Å². The molecule has 1 aliphatic rings. The number of hydrogen-bond acceptors (Lipinski definition) is 1. The van der Waals surface area contributed by atoms with Crippen molar-refractivity contribution >= 4 is 11.6 Å². The summed E-state index contributed by atoms with van der Waals surface area (Å²) in [4.78, 5) is 0. The van der Waals surface area contributed by atoms with Crippen LogP contribution in [0.2, 0.25) is 5.02 Å². The Morgan fingerprint density at radius 3 is 2.83 bits per heavy atom. The van der Waals surface area contributed by atoms with Crippen LogP contribution < -0.4 is 5.32 Å². The summed E-state index contributed by atoms with van der Waals surface area (Å²) in [6.45, 7) is 3.19. The van der Waals surface area contributed by atoms with E-state index in [1.165, 1.54) is 25.3 Å². The highest BCUT2D eigenvalue weighted by atomic mass is 35.5. The minimum atomic E-state index is -0.308. The lowest BCUT2D eigenvalue weighted by molar-refractivity contribution is 0.227. The van der Waals surface area contributed by atoms with E-state index in [9.17, 15) is 4.39 Å². The first-order chi connectivity index (χ1) is 8.72. The molecule has 0 aliphatic heterocycles. The van der Waals surface area contributed by atoms with Crippen LogP contribution in [0.4, 0.5) is 4.39 Å². The molecular weight excluding hydrogens is 249 g/mol. The van der Waals surface area contributed by atoms with Crippen molar-refractivity contribution in [3.8, 4) is 0 Å². The van der Waals surface area contributed by atoms with Crippen molar-refractivity contribution in [2.24, 2.45) is 5.92 Å². The topological polar surface area (TPSA) is 12.0 Å². The van der Waals surface area contributed by atoms with Gasteiger partial charge in [-0.05, 0) is 49.8 Å². The van der Waals surface area contributed by atoms with Gasteiger partial charge in [0.25, 0.3) is 0 Å². The Bertz CT molecular complexity index is 390. The number of halogens is 2. The Labute approximate surface area is 114 Å². The summed E-state index contributed by atoms with van der Waals surface area (Å²) in [5.74, 6) is 0.424. The van der Waals surface area contributed by atoms with Gasteiger partial charge in [0.15, 0.2) is 0 Å². The molecule has 1 aromatic rings. The van der Waals surface area contributed by atoms with Crippen molar-refractivity contribution in [3.05, 3.63) is 34.6 Å². The Hall–Kier alpha value is -0.600. The van der Waals surface area contributed by atoms with Crippen molar-refractivity contribution in [1.82, 2.24) is 5.32 Å². The van der Waals surface area contributed by atoms with Crippen LogP contribution in [0, 0.1) is 11.7 Å². The second-order valence-corrected chi connectivity index (χ2v) is 5.55. The zero-order valence-electron chi connectivity index (χ0n) is 10.9. The second kappa shape index (κ2) is 6.53. The highest BCUT2D eigenvalue weighted by Crippen LogP contribution is 2.32. The third-order valence-electron chi connectivity index (χ3n) is 3.85. The number of nitrogens with one attached hydrogen (secondary N) is 1. The Balaban J connectivity index is 2.04. The highest BCUT2D eigenvalue weighted by molar-refractivity contribution is 6.31. The van der Waals surface area contributed by atoms with E-state index < -0.39 is 0 Å². The summed E-state index contributed by atoms with van der Waals surface area (Å²) in [5, 5.41) is 3.88. The van der Waals surface area contributed by atoms with Crippen LogP contribution in [0.1, 0.15) is 38.2 Å². The Morgan fingerprint density at radius 1 is 1.44 bits per heavy atom. The molecule has 1 unspecified atom stereocenters. The molecule has 1 aliphatic carbocycles. The van der Waals surface area contributed by atoms with E-state index in [0.717, 1.165) is 30.9 Å². The average Bonchev–Trinajstić information content (AvgIpc) is 2.29.